The minimum absolute atomic E-state index is 0. The molecule has 3 N–H and O–H groups in total. The van der Waals surface area contributed by atoms with Crippen LogP contribution in [0.1, 0.15) is 12.0 Å². The molecule has 1 saturated heterocycles. The van der Waals surface area contributed by atoms with E-state index in [0.29, 0.717) is 19.1 Å². The van der Waals surface area contributed by atoms with Crippen LogP contribution in [-0.4, -0.2) is 82.4 Å². The Kier molecular flexibility index (Phi) is 12.4. The van der Waals surface area contributed by atoms with Crippen molar-refractivity contribution in [3.05, 3.63) is 29.8 Å². The highest BCUT2D eigenvalue weighted by molar-refractivity contribution is 14.0. The molecule has 1 aromatic rings. The average Bonchev–Trinajstić information content (AvgIpc) is 2.65. The van der Waals surface area contributed by atoms with Gasteiger partial charge in [-0.15, -0.1) is 24.0 Å². The van der Waals surface area contributed by atoms with E-state index in [1.165, 1.54) is 0 Å². The maximum Gasteiger partial charge on any atom is 0.188 e. The van der Waals surface area contributed by atoms with E-state index in [1.54, 1.807) is 0 Å². The minimum Gasteiger partial charge on any atom is -0.492 e. The molecule has 1 aromatic carbocycles. The van der Waals surface area contributed by atoms with Crippen LogP contribution in [0.4, 0.5) is 0 Å². The summed E-state index contributed by atoms with van der Waals surface area (Å²) in [5, 5.41) is 3.19. The normalized spacial score (nSPS) is 15.4. The third-order valence-electron chi connectivity index (χ3n) is 4.25. The number of ether oxygens (including phenoxy) is 2. The van der Waals surface area contributed by atoms with Gasteiger partial charge in [0.05, 0.1) is 19.8 Å². The van der Waals surface area contributed by atoms with E-state index in [2.05, 4.69) is 20.1 Å². The average molecular weight is 491 g/mol. The summed E-state index contributed by atoms with van der Waals surface area (Å²) < 4.78 is 11.2. The summed E-state index contributed by atoms with van der Waals surface area (Å²) in [6, 6.07) is 7.98. The van der Waals surface area contributed by atoms with Gasteiger partial charge in [0.2, 0.25) is 0 Å². The Labute approximate surface area is 180 Å². The van der Waals surface area contributed by atoms with Gasteiger partial charge >= 0.3 is 0 Å². The van der Waals surface area contributed by atoms with Crippen molar-refractivity contribution in [1.29, 1.82) is 0 Å². The molecular weight excluding hydrogens is 457 g/mol. The zero-order valence-electron chi connectivity index (χ0n) is 16.5. The number of hydrogen-bond donors (Lipinski definition) is 2. The van der Waals surface area contributed by atoms with Crippen LogP contribution >= 0.6 is 24.0 Å². The molecule has 0 aliphatic carbocycles. The first-order valence-electron chi connectivity index (χ1n) is 9.34. The number of guanidine groups is 1. The second kappa shape index (κ2) is 14.0. The molecule has 8 heteroatoms. The van der Waals surface area contributed by atoms with Crippen LogP contribution in [0.25, 0.3) is 0 Å². The predicted molar refractivity (Wildman–Crippen MR) is 121 cm³/mol. The van der Waals surface area contributed by atoms with Gasteiger partial charge in [-0.05, 0) is 33.1 Å². The van der Waals surface area contributed by atoms with Crippen LogP contribution < -0.4 is 15.8 Å². The smallest absolute Gasteiger partial charge is 0.188 e. The standard InChI is InChI=1S/C19H33N5O2.HI/c1-23(2)10-15-26-18-7-4-3-6-17(18)16-22-19(20)21-8-5-9-24-11-13-25-14-12-24;/h3-4,6-7H,5,8-16H2,1-2H3,(H3,20,21,22);1H. The molecule has 0 amide bonds. The number of nitrogens with two attached hydrogens (primary N) is 1. The van der Waals surface area contributed by atoms with Gasteiger partial charge in [0.25, 0.3) is 0 Å². The summed E-state index contributed by atoms with van der Waals surface area (Å²) in [6.45, 7) is 7.66. The molecule has 7 nitrogen and oxygen atoms in total. The lowest BCUT2D eigenvalue weighted by atomic mass is 10.2. The van der Waals surface area contributed by atoms with Gasteiger partial charge < -0.3 is 25.4 Å². The molecule has 0 radical (unpaired) electrons. The number of likely N-dealkylation sites (N-methyl/N-ethyl adjacent to an activating group) is 1. The van der Waals surface area contributed by atoms with Gasteiger partial charge in [0.1, 0.15) is 12.4 Å². The lowest BCUT2D eigenvalue weighted by molar-refractivity contribution is 0.0376. The van der Waals surface area contributed by atoms with E-state index in [-0.39, 0.29) is 24.0 Å². The van der Waals surface area contributed by atoms with Gasteiger partial charge in [-0.25, -0.2) is 4.99 Å². The Balaban J connectivity index is 0.00000364. The Morgan fingerprint density at radius 1 is 1.30 bits per heavy atom. The fraction of sp³-hybridized carbons (Fsp3) is 0.632. The first-order valence-corrected chi connectivity index (χ1v) is 9.34. The van der Waals surface area contributed by atoms with Crippen molar-refractivity contribution in [1.82, 2.24) is 15.1 Å². The largest absolute Gasteiger partial charge is 0.492 e. The van der Waals surface area contributed by atoms with Gasteiger partial charge in [-0.3, -0.25) is 4.90 Å². The molecule has 0 spiro atoms. The molecule has 1 aliphatic heterocycles. The molecule has 0 bridgehead atoms. The number of nitrogens with one attached hydrogen (secondary N) is 1. The van der Waals surface area contributed by atoms with Crippen LogP contribution in [0.5, 0.6) is 5.75 Å². The second-order valence-electron chi connectivity index (χ2n) is 6.70. The monoisotopic (exact) mass is 491 g/mol. The highest BCUT2D eigenvalue weighted by Crippen LogP contribution is 2.18. The Bertz CT molecular complexity index is 551. The summed E-state index contributed by atoms with van der Waals surface area (Å²) in [7, 11) is 4.07. The van der Waals surface area contributed by atoms with Crippen molar-refractivity contribution in [2.24, 2.45) is 10.7 Å². The summed E-state index contributed by atoms with van der Waals surface area (Å²) in [5.74, 6) is 1.35. The topological polar surface area (TPSA) is 75.3 Å². The third-order valence-corrected chi connectivity index (χ3v) is 4.25. The summed E-state index contributed by atoms with van der Waals surface area (Å²) in [4.78, 5) is 8.96. The van der Waals surface area contributed by atoms with Crippen LogP contribution in [0.3, 0.4) is 0 Å². The van der Waals surface area contributed by atoms with Crippen LogP contribution in [0.2, 0.25) is 0 Å². The SMILES string of the molecule is CN(C)CCOc1ccccc1CN=C(N)NCCCN1CCOCC1.I. The Morgan fingerprint density at radius 2 is 2.04 bits per heavy atom. The number of hydrogen-bond acceptors (Lipinski definition) is 5. The zero-order valence-corrected chi connectivity index (χ0v) is 18.9. The number of para-hydroxylation sites is 1. The molecule has 2 rings (SSSR count). The maximum absolute atomic E-state index is 5.99. The molecule has 0 aromatic heterocycles. The highest BCUT2D eigenvalue weighted by atomic mass is 127. The number of nitrogens with zero attached hydrogens (tertiary/aromatic N) is 3. The third kappa shape index (κ3) is 10.1. The zero-order chi connectivity index (χ0) is 18.6. The number of benzene rings is 1. The van der Waals surface area contributed by atoms with Gasteiger partial charge in [0.15, 0.2) is 5.96 Å². The van der Waals surface area contributed by atoms with Crippen LogP contribution in [0, 0.1) is 0 Å². The Morgan fingerprint density at radius 3 is 2.78 bits per heavy atom. The lowest BCUT2D eigenvalue weighted by Gasteiger charge is -2.26. The number of halogens is 1. The van der Waals surface area contributed by atoms with Crippen molar-refractivity contribution < 1.29 is 9.47 Å². The van der Waals surface area contributed by atoms with Crippen molar-refractivity contribution in [2.75, 3.05) is 66.6 Å². The van der Waals surface area contributed by atoms with Crippen molar-refractivity contribution in [3.63, 3.8) is 0 Å². The number of rotatable bonds is 10. The van der Waals surface area contributed by atoms with E-state index in [9.17, 15) is 0 Å². The van der Waals surface area contributed by atoms with Crippen molar-refractivity contribution in [3.8, 4) is 5.75 Å². The number of morpholine rings is 1. The first-order chi connectivity index (χ1) is 12.6. The fourth-order valence-electron chi connectivity index (χ4n) is 2.68. The van der Waals surface area contributed by atoms with E-state index in [1.807, 2.05) is 38.4 Å². The Hall–Kier alpha value is -1.10. The van der Waals surface area contributed by atoms with Crippen LogP contribution in [0.15, 0.2) is 29.3 Å². The predicted octanol–water partition coefficient (Wildman–Crippen LogP) is 1.37. The quantitative estimate of drug-likeness (QED) is 0.223. The summed E-state index contributed by atoms with van der Waals surface area (Å²) >= 11 is 0. The summed E-state index contributed by atoms with van der Waals surface area (Å²) in [5.41, 5.74) is 7.03. The first kappa shape index (κ1) is 23.9. The maximum atomic E-state index is 5.99. The minimum atomic E-state index is 0. The molecule has 0 saturated carbocycles. The van der Waals surface area contributed by atoms with Crippen molar-refractivity contribution >= 4 is 29.9 Å². The van der Waals surface area contributed by atoms with Gasteiger partial charge in [0, 0.05) is 31.7 Å². The molecular formula is C19H34IN5O2. The molecule has 0 unspecified atom stereocenters. The summed E-state index contributed by atoms with van der Waals surface area (Å²) in [6.07, 6.45) is 1.04. The van der Waals surface area contributed by atoms with E-state index < -0.39 is 0 Å². The number of aliphatic imine (C=N–C) groups is 1. The molecule has 0 atom stereocenters. The van der Waals surface area contributed by atoms with E-state index in [0.717, 1.165) is 63.7 Å². The van der Waals surface area contributed by atoms with Gasteiger partial charge in [-0.1, -0.05) is 18.2 Å². The van der Waals surface area contributed by atoms with E-state index in [4.69, 9.17) is 15.2 Å². The molecule has 1 heterocycles. The van der Waals surface area contributed by atoms with Crippen LogP contribution in [-0.2, 0) is 11.3 Å². The lowest BCUT2D eigenvalue weighted by Crippen LogP contribution is -2.39. The highest BCUT2D eigenvalue weighted by Gasteiger charge is 2.09. The molecule has 154 valence electrons. The molecule has 1 fully saturated rings. The fourth-order valence-corrected chi connectivity index (χ4v) is 2.68. The molecule has 27 heavy (non-hydrogen) atoms. The second-order valence-corrected chi connectivity index (χ2v) is 6.70. The van der Waals surface area contributed by atoms with E-state index >= 15 is 0 Å². The molecule has 1 aliphatic rings. The van der Waals surface area contributed by atoms with Crippen molar-refractivity contribution in [2.45, 2.75) is 13.0 Å². The van der Waals surface area contributed by atoms with Gasteiger partial charge in [-0.2, -0.15) is 0 Å².